The summed E-state index contributed by atoms with van der Waals surface area (Å²) >= 11 is 0. The number of nitrogens with zero attached hydrogens (tertiary/aromatic N) is 1. The molecule has 0 bridgehead atoms. The van der Waals surface area contributed by atoms with Crippen molar-refractivity contribution in [2.24, 2.45) is 5.10 Å². The molecule has 0 aliphatic heterocycles. The van der Waals surface area contributed by atoms with Crippen LogP contribution in [0.25, 0.3) is 0 Å². The minimum atomic E-state index is -0.373. The molecule has 68 valence electrons. The Labute approximate surface area is 74.5 Å². The topological polar surface area (TPSA) is 75.6 Å². The monoisotopic (exact) mass is 180 g/mol. The van der Waals surface area contributed by atoms with E-state index in [0.29, 0.717) is 0 Å². The van der Waals surface area contributed by atoms with Gasteiger partial charge in [0.05, 0.1) is 6.42 Å². The van der Waals surface area contributed by atoms with Crippen LogP contribution in [-0.2, 0) is 14.4 Å². The Balaban J connectivity index is 2.75. The molecular formula is C8H8N2O3. The molecule has 0 atom stereocenters. The number of carbonyl (C=O) groups excluding carboxylic acids is 3. The lowest BCUT2D eigenvalue weighted by atomic mass is 10.0. The zero-order chi connectivity index (χ0) is 9.84. The second-order valence-electron chi connectivity index (χ2n) is 2.57. The first-order valence-corrected chi connectivity index (χ1v) is 3.68. The lowest BCUT2D eigenvalue weighted by molar-refractivity contribution is -0.119. The number of nitrogens with one attached hydrogen (secondary N) is 1. The van der Waals surface area contributed by atoms with E-state index in [1.165, 1.54) is 13.0 Å². The van der Waals surface area contributed by atoms with Crippen molar-refractivity contribution in [1.82, 2.24) is 5.43 Å². The van der Waals surface area contributed by atoms with Gasteiger partial charge in [0.15, 0.2) is 5.78 Å². The van der Waals surface area contributed by atoms with Gasteiger partial charge >= 0.3 is 0 Å². The van der Waals surface area contributed by atoms with Crippen LogP contribution in [0.1, 0.15) is 13.3 Å². The molecule has 0 unspecified atom stereocenters. The van der Waals surface area contributed by atoms with Gasteiger partial charge < -0.3 is 0 Å². The number of hydrogen-bond acceptors (Lipinski definition) is 4. The van der Waals surface area contributed by atoms with Crippen molar-refractivity contribution in [1.29, 1.82) is 0 Å². The van der Waals surface area contributed by atoms with Crippen LogP contribution in [-0.4, -0.2) is 23.2 Å². The molecule has 13 heavy (non-hydrogen) atoms. The van der Waals surface area contributed by atoms with E-state index in [1.807, 2.05) is 0 Å². The Bertz CT molecular complexity index is 328. The summed E-state index contributed by atoms with van der Waals surface area (Å²) in [5, 5.41) is 3.51. The summed E-state index contributed by atoms with van der Waals surface area (Å²) < 4.78 is 0. The number of rotatable bonds is 1. The fourth-order valence-corrected chi connectivity index (χ4v) is 0.817. The lowest BCUT2D eigenvalue weighted by Gasteiger charge is -2.04. The zero-order valence-electron chi connectivity index (χ0n) is 7.03. The van der Waals surface area contributed by atoms with E-state index >= 15 is 0 Å². The highest BCUT2D eigenvalue weighted by molar-refractivity contribution is 6.49. The molecule has 1 amide bonds. The van der Waals surface area contributed by atoms with Gasteiger partial charge in [-0.05, 0) is 12.2 Å². The van der Waals surface area contributed by atoms with E-state index < -0.39 is 0 Å². The van der Waals surface area contributed by atoms with Crippen LogP contribution in [0.5, 0.6) is 0 Å². The van der Waals surface area contributed by atoms with Gasteiger partial charge in [-0.25, -0.2) is 5.43 Å². The van der Waals surface area contributed by atoms with Crippen LogP contribution >= 0.6 is 0 Å². The molecule has 0 aromatic rings. The first-order chi connectivity index (χ1) is 6.09. The van der Waals surface area contributed by atoms with Crippen molar-refractivity contribution < 1.29 is 14.4 Å². The maximum atomic E-state index is 11.0. The molecule has 0 radical (unpaired) electrons. The maximum absolute atomic E-state index is 11.0. The Hall–Kier alpha value is -1.78. The smallest absolute Gasteiger partial charge is 0.236 e. The summed E-state index contributed by atoms with van der Waals surface area (Å²) in [5.41, 5.74) is 2.18. The van der Waals surface area contributed by atoms with Gasteiger partial charge in [-0.3, -0.25) is 14.4 Å². The summed E-state index contributed by atoms with van der Waals surface area (Å²) in [7, 11) is 0. The van der Waals surface area contributed by atoms with E-state index in [4.69, 9.17) is 0 Å². The molecule has 5 heteroatoms. The molecule has 1 aliphatic carbocycles. The molecule has 1 N–H and O–H groups in total. The molecule has 0 fully saturated rings. The SMILES string of the molecule is CC(=O)NN=C1CC(=O)C=CC1=O. The fourth-order valence-electron chi connectivity index (χ4n) is 0.817. The Morgan fingerprint density at radius 3 is 2.77 bits per heavy atom. The normalized spacial score (nSPS) is 19.3. The van der Waals surface area contributed by atoms with E-state index in [0.717, 1.165) is 6.08 Å². The van der Waals surface area contributed by atoms with Gasteiger partial charge in [-0.15, -0.1) is 0 Å². The summed E-state index contributed by atoms with van der Waals surface area (Å²) in [6, 6.07) is 0. The van der Waals surface area contributed by atoms with Gasteiger partial charge in [0, 0.05) is 6.92 Å². The molecule has 1 aliphatic rings. The van der Waals surface area contributed by atoms with Crippen LogP contribution in [0.3, 0.4) is 0 Å². The number of hydrogen-bond donors (Lipinski definition) is 1. The van der Waals surface area contributed by atoms with Gasteiger partial charge in [0.25, 0.3) is 0 Å². The third-order valence-corrected chi connectivity index (χ3v) is 1.40. The average molecular weight is 180 g/mol. The van der Waals surface area contributed by atoms with Gasteiger partial charge in [0.1, 0.15) is 5.71 Å². The lowest BCUT2D eigenvalue weighted by Crippen LogP contribution is -2.25. The highest BCUT2D eigenvalue weighted by atomic mass is 16.2. The van der Waals surface area contributed by atoms with E-state index in [2.05, 4.69) is 10.5 Å². The minimum Gasteiger partial charge on any atom is -0.294 e. The van der Waals surface area contributed by atoms with Crippen LogP contribution in [0, 0.1) is 0 Å². The summed E-state index contributed by atoms with van der Waals surface area (Å²) in [4.78, 5) is 32.3. The standard InChI is InChI=1S/C8H8N2O3/c1-5(11)9-10-7-4-6(12)2-3-8(7)13/h2-3H,4H2,1H3,(H,9,11). The molecule has 1 rings (SSSR count). The second kappa shape index (κ2) is 3.75. The molecule has 0 saturated heterocycles. The van der Waals surface area contributed by atoms with Crippen molar-refractivity contribution in [2.75, 3.05) is 0 Å². The molecule has 0 aromatic carbocycles. The molecule has 0 heterocycles. The van der Waals surface area contributed by atoms with Crippen molar-refractivity contribution in [3.63, 3.8) is 0 Å². The second-order valence-corrected chi connectivity index (χ2v) is 2.57. The van der Waals surface area contributed by atoms with Crippen LogP contribution < -0.4 is 5.43 Å². The van der Waals surface area contributed by atoms with Crippen molar-refractivity contribution >= 4 is 23.2 Å². The highest BCUT2D eigenvalue weighted by Gasteiger charge is 2.17. The molecular weight excluding hydrogens is 172 g/mol. The first kappa shape index (κ1) is 9.31. The van der Waals surface area contributed by atoms with E-state index in [9.17, 15) is 14.4 Å². The summed E-state index contributed by atoms with van der Waals surface area (Å²) in [6.45, 7) is 1.27. The Morgan fingerprint density at radius 2 is 2.15 bits per heavy atom. The van der Waals surface area contributed by atoms with Crippen LogP contribution in [0.15, 0.2) is 17.3 Å². The largest absolute Gasteiger partial charge is 0.294 e. The quantitative estimate of drug-likeness (QED) is 0.556. The predicted octanol–water partition coefficient (Wildman–Crippen LogP) is -0.423. The Kier molecular flexibility index (Phi) is 2.69. The van der Waals surface area contributed by atoms with Crippen molar-refractivity contribution in [2.45, 2.75) is 13.3 Å². The maximum Gasteiger partial charge on any atom is 0.236 e. The number of hydrazone groups is 1. The number of ketones is 2. The summed E-state index contributed by atoms with van der Waals surface area (Å²) in [6.07, 6.45) is 2.30. The molecule has 5 nitrogen and oxygen atoms in total. The van der Waals surface area contributed by atoms with Crippen molar-refractivity contribution in [3.05, 3.63) is 12.2 Å². The van der Waals surface area contributed by atoms with Gasteiger partial charge in [-0.2, -0.15) is 5.10 Å². The number of allylic oxidation sites excluding steroid dienone is 2. The summed E-state index contributed by atoms with van der Waals surface area (Å²) in [5.74, 6) is -0.903. The number of carbonyl (C=O) groups is 3. The fraction of sp³-hybridized carbons (Fsp3) is 0.250. The minimum absolute atomic E-state index is 0.0460. The molecule has 0 aromatic heterocycles. The third kappa shape index (κ3) is 2.62. The van der Waals surface area contributed by atoms with Crippen LogP contribution in [0.2, 0.25) is 0 Å². The zero-order valence-corrected chi connectivity index (χ0v) is 7.03. The predicted molar refractivity (Wildman–Crippen MR) is 45.0 cm³/mol. The Morgan fingerprint density at radius 1 is 1.46 bits per heavy atom. The van der Waals surface area contributed by atoms with E-state index in [1.54, 1.807) is 0 Å². The molecule has 0 spiro atoms. The van der Waals surface area contributed by atoms with Gasteiger partial charge in [0.2, 0.25) is 11.7 Å². The third-order valence-electron chi connectivity index (χ3n) is 1.40. The average Bonchev–Trinajstić information content (AvgIpc) is 2.06. The first-order valence-electron chi connectivity index (χ1n) is 3.68. The number of amides is 1. The van der Waals surface area contributed by atoms with Crippen LogP contribution in [0.4, 0.5) is 0 Å². The molecule has 0 saturated carbocycles. The highest BCUT2D eigenvalue weighted by Crippen LogP contribution is 2.00. The van der Waals surface area contributed by atoms with E-state index in [-0.39, 0.29) is 29.6 Å². The van der Waals surface area contributed by atoms with Gasteiger partial charge in [-0.1, -0.05) is 0 Å². The van der Waals surface area contributed by atoms with Crippen molar-refractivity contribution in [3.8, 4) is 0 Å².